The zero-order valence-corrected chi connectivity index (χ0v) is 6.44. The maximum atomic E-state index is 10.0. The normalized spacial score (nSPS) is 10.0. The summed E-state index contributed by atoms with van der Waals surface area (Å²) in [4.78, 5) is 10.0. The second-order valence-corrected chi connectivity index (χ2v) is 2.23. The average Bonchev–Trinajstić information content (AvgIpc) is 1.61. The van der Waals surface area contributed by atoms with Gasteiger partial charge in [-0.3, -0.25) is 4.79 Å². The van der Waals surface area contributed by atoms with Crippen molar-refractivity contribution in [3.63, 3.8) is 0 Å². The molecule has 0 aromatic heterocycles. The number of allylic oxidation sites excluding steroid dienone is 2. The second kappa shape index (κ2) is 4.59. The lowest BCUT2D eigenvalue weighted by Gasteiger charge is -1.70. The molecule has 0 saturated heterocycles. The maximum absolute atomic E-state index is 10.0. The molecule has 0 bridgehead atoms. The van der Waals surface area contributed by atoms with Crippen molar-refractivity contribution in [2.45, 2.75) is 0 Å². The molecule has 0 unspecified atom stereocenters. The third-order valence-electron chi connectivity index (χ3n) is 0.338. The zero-order valence-electron chi connectivity index (χ0n) is 3.53. The van der Waals surface area contributed by atoms with Gasteiger partial charge in [-0.15, -0.1) is 11.6 Å². The maximum Gasteiger partial charge on any atom is 0.214 e. The average molecular weight is 230 g/mol. The van der Waals surface area contributed by atoms with Crippen LogP contribution < -0.4 is 0 Å². The Kier molecular flexibility index (Phi) is 4.87. The predicted molar refractivity (Wildman–Crippen MR) is 38.9 cm³/mol. The van der Waals surface area contributed by atoms with Crippen molar-refractivity contribution in [3.8, 4) is 0 Å². The van der Waals surface area contributed by atoms with Crippen LogP contribution in [0.2, 0.25) is 0 Å². The lowest BCUT2D eigenvalue weighted by atomic mass is 10.6. The van der Waals surface area contributed by atoms with E-state index >= 15 is 0 Å². The molecule has 0 aliphatic rings. The molecule has 0 saturated carbocycles. The Morgan fingerprint density at radius 2 is 2.43 bits per heavy atom. The van der Waals surface area contributed by atoms with E-state index in [1.165, 1.54) is 6.08 Å². The molecule has 0 spiro atoms. The molecule has 40 valence electrons. The van der Waals surface area contributed by atoms with Gasteiger partial charge < -0.3 is 0 Å². The van der Waals surface area contributed by atoms with Crippen LogP contribution in [0, 0.1) is 0 Å². The van der Waals surface area contributed by atoms with Crippen molar-refractivity contribution in [2.75, 3.05) is 5.88 Å². The fourth-order valence-corrected chi connectivity index (χ4v) is 0.481. The van der Waals surface area contributed by atoms with E-state index in [0.717, 1.165) is 0 Å². The van der Waals surface area contributed by atoms with E-state index in [4.69, 9.17) is 11.6 Å². The van der Waals surface area contributed by atoms with E-state index in [1.807, 2.05) is 0 Å². The Balaban J connectivity index is 3.26. The second-order valence-electron chi connectivity index (χ2n) is 0.861. The van der Waals surface area contributed by atoms with E-state index in [0.29, 0.717) is 5.88 Å². The van der Waals surface area contributed by atoms with Crippen molar-refractivity contribution in [1.82, 2.24) is 0 Å². The molecule has 0 amide bonds. The number of rotatable bonds is 2. The molecule has 0 aliphatic carbocycles. The smallest absolute Gasteiger partial charge is 0.214 e. The van der Waals surface area contributed by atoms with Gasteiger partial charge in [0.15, 0.2) is 0 Å². The molecule has 0 heterocycles. The van der Waals surface area contributed by atoms with Gasteiger partial charge in [0, 0.05) is 28.5 Å². The zero-order chi connectivity index (χ0) is 5.70. The lowest BCUT2D eigenvalue weighted by molar-refractivity contribution is -0.105. The van der Waals surface area contributed by atoms with Gasteiger partial charge in [-0.05, 0) is 6.08 Å². The fourth-order valence-electron chi connectivity index (χ4n) is 0.137. The highest BCUT2D eigenvalue weighted by Gasteiger charge is 1.79. The van der Waals surface area contributed by atoms with Crippen LogP contribution in [0.4, 0.5) is 0 Å². The van der Waals surface area contributed by atoms with Crippen LogP contribution in [-0.4, -0.2) is 9.67 Å². The summed E-state index contributed by atoms with van der Waals surface area (Å²) in [5.41, 5.74) is 0. The minimum absolute atomic E-state index is 0.0123. The van der Waals surface area contributed by atoms with E-state index < -0.39 is 0 Å². The van der Waals surface area contributed by atoms with Crippen molar-refractivity contribution < 1.29 is 4.79 Å². The molecule has 0 rings (SSSR count). The van der Waals surface area contributed by atoms with Crippen molar-refractivity contribution in [1.29, 1.82) is 0 Å². The van der Waals surface area contributed by atoms with Crippen LogP contribution in [0.25, 0.3) is 0 Å². The monoisotopic (exact) mass is 230 g/mol. The number of carbonyl (C=O) groups excluding carboxylic acids is 1. The van der Waals surface area contributed by atoms with Crippen LogP contribution in [0.15, 0.2) is 12.2 Å². The van der Waals surface area contributed by atoms with Gasteiger partial charge in [-0.25, -0.2) is 0 Å². The van der Waals surface area contributed by atoms with Gasteiger partial charge in [0.1, 0.15) is 0 Å². The van der Waals surface area contributed by atoms with Gasteiger partial charge in [0.2, 0.25) is 3.79 Å². The Morgan fingerprint density at radius 3 is 2.57 bits per heavy atom. The SMILES string of the molecule is O=C(I)/C=C/CCl. The first-order chi connectivity index (χ1) is 3.27. The molecule has 0 aromatic carbocycles. The standard InChI is InChI=1S/C4H4ClIO/c5-3-1-2-4(6)7/h1-2H,3H2/b2-1+. The Morgan fingerprint density at radius 1 is 1.86 bits per heavy atom. The number of hydrogen-bond donors (Lipinski definition) is 0. The highest BCUT2D eigenvalue weighted by molar-refractivity contribution is 14.1. The number of halogens is 2. The van der Waals surface area contributed by atoms with Gasteiger partial charge in [0.05, 0.1) is 0 Å². The number of alkyl halides is 1. The van der Waals surface area contributed by atoms with E-state index in [2.05, 4.69) is 0 Å². The summed E-state index contributed by atoms with van der Waals surface area (Å²) in [5.74, 6) is 0.411. The Bertz CT molecular complexity index is 89.7. The summed E-state index contributed by atoms with van der Waals surface area (Å²) >= 11 is 6.88. The van der Waals surface area contributed by atoms with Crippen LogP contribution in [-0.2, 0) is 4.79 Å². The first kappa shape index (κ1) is 7.43. The summed E-state index contributed by atoms with van der Waals surface area (Å²) < 4.78 is 0.0123. The number of carbonyl (C=O) groups is 1. The summed E-state index contributed by atoms with van der Waals surface area (Å²) in [6.07, 6.45) is 3.05. The van der Waals surface area contributed by atoms with Crippen LogP contribution in [0.3, 0.4) is 0 Å². The molecular weight excluding hydrogens is 226 g/mol. The lowest BCUT2D eigenvalue weighted by Crippen LogP contribution is -1.72. The van der Waals surface area contributed by atoms with Gasteiger partial charge in [-0.2, -0.15) is 0 Å². The largest absolute Gasteiger partial charge is 0.283 e. The van der Waals surface area contributed by atoms with E-state index in [1.54, 1.807) is 28.7 Å². The summed E-state index contributed by atoms with van der Waals surface area (Å²) in [5, 5.41) is 0. The van der Waals surface area contributed by atoms with Crippen LogP contribution in [0.1, 0.15) is 0 Å². The van der Waals surface area contributed by atoms with Gasteiger partial charge in [0.25, 0.3) is 0 Å². The highest BCUT2D eigenvalue weighted by Crippen LogP contribution is 1.87. The van der Waals surface area contributed by atoms with E-state index in [-0.39, 0.29) is 3.79 Å². The molecule has 0 aromatic rings. The minimum atomic E-state index is 0.0123. The quantitative estimate of drug-likeness (QED) is 0.306. The fraction of sp³-hybridized carbons (Fsp3) is 0.250. The first-order valence-corrected chi connectivity index (χ1v) is 3.30. The van der Waals surface area contributed by atoms with Crippen molar-refractivity contribution >= 4 is 38.0 Å². The van der Waals surface area contributed by atoms with Gasteiger partial charge in [-0.1, -0.05) is 6.08 Å². The predicted octanol–water partition coefficient (Wildman–Crippen LogP) is 1.74. The minimum Gasteiger partial charge on any atom is -0.283 e. The first-order valence-electron chi connectivity index (χ1n) is 1.69. The highest BCUT2D eigenvalue weighted by atomic mass is 127. The van der Waals surface area contributed by atoms with Crippen molar-refractivity contribution in [2.24, 2.45) is 0 Å². The molecule has 1 nitrogen and oxygen atoms in total. The van der Waals surface area contributed by atoms with Crippen molar-refractivity contribution in [3.05, 3.63) is 12.2 Å². The van der Waals surface area contributed by atoms with Crippen LogP contribution in [0.5, 0.6) is 0 Å². The van der Waals surface area contributed by atoms with E-state index in [9.17, 15) is 4.79 Å². The molecule has 0 fully saturated rings. The molecular formula is C4H4ClIO. The molecule has 3 heteroatoms. The third kappa shape index (κ3) is 6.43. The molecule has 0 atom stereocenters. The molecule has 0 aliphatic heterocycles. The summed E-state index contributed by atoms with van der Waals surface area (Å²) in [6, 6.07) is 0. The summed E-state index contributed by atoms with van der Waals surface area (Å²) in [7, 11) is 0. The molecule has 7 heavy (non-hydrogen) atoms. The topological polar surface area (TPSA) is 17.1 Å². The number of hydrogen-bond acceptors (Lipinski definition) is 1. The Hall–Kier alpha value is 0.430. The Labute approximate surface area is 60.9 Å². The van der Waals surface area contributed by atoms with Gasteiger partial charge >= 0.3 is 0 Å². The molecule has 0 N–H and O–H groups in total. The van der Waals surface area contributed by atoms with Crippen LogP contribution >= 0.6 is 34.2 Å². The molecule has 0 radical (unpaired) electrons. The third-order valence-corrected chi connectivity index (χ3v) is 0.876. The summed E-state index contributed by atoms with van der Waals surface area (Å²) in [6.45, 7) is 0.